The molecule has 0 radical (unpaired) electrons. The maximum atomic E-state index is 13.5. The number of hydrogen-bond acceptors (Lipinski definition) is 5. The Hall–Kier alpha value is -3.60. The van der Waals surface area contributed by atoms with Gasteiger partial charge in [-0.25, -0.2) is 0 Å². The van der Waals surface area contributed by atoms with Crippen LogP contribution in [0.4, 0.5) is 17.1 Å². The van der Waals surface area contributed by atoms with Gasteiger partial charge in [0.2, 0.25) is 0 Å². The molecule has 0 amide bonds. The summed E-state index contributed by atoms with van der Waals surface area (Å²) in [5.74, 6) is 0.357. The van der Waals surface area contributed by atoms with Crippen LogP contribution in [0.25, 0.3) is 0 Å². The lowest BCUT2D eigenvalue weighted by molar-refractivity contribution is -0.116. The number of para-hydroxylation sites is 2. The van der Waals surface area contributed by atoms with Gasteiger partial charge in [-0.2, -0.15) is 0 Å². The summed E-state index contributed by atoms with van der Waals surface area (Å²) in [6.45, 7) is 0. The second kappa shape index (κ2) is 7.91. The van der Waals surface area contributed by atoms with Crippen molar-refractivity contribution in [1.82, 2.24) is 4.98 Å². The van der Waals surface area contributed by atoms with Crippen LogP contribution in [0.1, 0.15) is 35.9 Å². The number of carbonyl (C=O) groups is 1. The molecule has 2 heterocycles. The van der Waals surface area contributed by atoms with Crippen molar-refractivity contribution >= 4 is 22.8 Å². The largest absolute Gasteiger partial charge is 0.378 e. The van der Waals surface area contributed by atoms with E-state index in [4.69, 9.17) is 0 Å². The molecule has 0 spiro atoms. The third-order valence-corrected chi connectivity index (χ3v) is 6.23. The molecule has 156 valence electrons. The Morgan fingerprint density at radius 2 is 1.58 bits per heavy atom. The van der Waals surface area contributed by atoms with Crippen LogP contribution in [0.3, 0.4) is 0 Å². The number of aromatic nitrogens is 1. The Morgan fingerprint density at radius 1 is 0.871 bits per heavy atom. The number of pyridine rings is 1. The van der Waals surface area contributed by atoms with Crippen LogP contribution >= 0.6 is 0 Å². The van der Waals surface area contributed by atoms with Gasteiger partial charge in [-0.05, 0) is 59.9 Å². The highest BCUT2D eigenvalue weighted by Gasteiger charge is 2.36. The maximum absolute atomic E-state index is 13.5. The molecule has 5 heteroatoms. The minimum atomic E-state index is -0.196. The first-order chi connectivity index (χ1) is 15.1. The lowest BCUT2D eigenvalue weighted by atomic mass is 9.78. The molecule has 5 rings (SSSR count). The molecule has 1 aliphatic carbocycles. The molecule has 31 heavy (non-hydrogen) atoms. The van der Waals surface area contributed by atoms with Crippen LogP contribution in [0.2, 0.25) is 0 Å². The van der Waals surface area contributed by atoms with Crippen molar-refractivity contribution in [3.05, 3.63) is 95.5 Å². The number of carbonyl (C=O) groups excluding carboxylic acids is 1. The van der Waals surface area contributed by atoms with E-state index in [9.17, 15) is 4.79 Å². The Morgan fingerprint density at radius 3 is 2.29 bits per heavy atom. The lowest BCUT2D eigenvalue weighted by Crippen LogP contribution is -2.26. The van der Waals surface area contributed by atoms with E-state index in [2.05, 4.69) is 56.9 Å². The number of anilines is 3. The van der Waals surface area contributed by atoms with Crippen LogP contribution in [0.5, 0.6) is 0 Å². The van der Waals surface area contributed by atoms with Gasteiger partial charge in [0.1, 0.15) is 0 Å². The minimum Gasteiger partial charge on any atom is -0.378 e. The number of benzene rings is 2. The number of fused-ring (bicyclic) bond motifs is 1. The van der Waals surface area contributed by atoms with Gasteiger partial charge < -0.3 is 15.5 Å². The van der Waals surface area contributed by atoms with Crippen LogP contribution < -0.4 is 15.5 Å². The Bertz CT molecular complexity index is 1140. The maximum Gasteiger partial charge on any atom is 0.163 e. The minimum absolute atomic E-state index is 0.165. The van der Waals surface area contributed by atoms with E-state index in [1.807, 2.05) is 38.4 Å². The number of Topliss-reactive ketones (excluding diaryl/α,β-unsaturated/α-hetero) is 1. The van der Waals surface area contributed by atoms with Gasteiger partial charge >= 0.3 is 0 Å². The molecule has 3 aromatic rings. The monoisotopic (exact) mass is 410 g/mol. The molecule has 0 bridgehead atoms. The number of allylic oxidation sites excluding steroid dienone is 1. The van der Waals surface area contributed by atoms with Crippen LogP contribution in [-0.4, -0.2) is 24.9 Å². The molecule has 0 unspecified atom stereocenters. The number of rotatable bonds is 3. The average Bonchev–Trinajstić information content (AvgIpc) is 2.96. The van der Waals surface area contributed by atoms with Crippen molar-refractivity contribution < 1.29 is 4.79 Å². The Labute approximate surface area is 182 Å². The highest BCUT2D eigenvalue weighted by atomic mass is 16.1. The fraction of sp³-hybridized carbons (Fsp3) is 0.231. The summed E-state index contributed by atoms with van der Waals surface area (Å²) < 4.78 is 0. The smallest absolute Gasteiger partial charge is 0.163 e. The zero-order chi connectivity index (χ0) is 21.4. The van der Waals surface area contributed by atoms with E-state index in [1.54, 1.807) is 12.4 Å². The first-order valence-electron chi connectivity index (χ1n) is 10.7. The van der Waals surface area contributed by atoms with Gasteiger partial charge in [0.05, 0.1) is 17.4 Å². The van der Waals surface area contributed by atoms with Gasteiger partial charge in [-0.3, -0.25) is 9.78 Å². The van der Waals surface area contributed by atoms with Gasteiger partial charge in [-0.1, -0.05) is 24.3 Å². The first-order valence-corrected chi connectivity index (χ1v) is 10.7. The van der Waals surface area contributed by atoms with E-state index in [1.165, 1.54) is 5.56 Å². The molecule has 2 atom stereocenters. The molecule has 2 aliphatic rings. The van der Waals surface area contributed by atoms with Crippen molar-refractivity contribution in [2.24, 2.45) is 0 Å². The molecule has 1 aliphatic heterocycles. The molecule has 1 aromatic heterocycles. The normalized spacial score (nSPS) is 20.1. The number of hydrogen-bond donors (Lipinski definition) is 2. The van der Waals surface area contributed by atoms with Gasteiger partial charge in [0, 0.05) is 49.9 Å². The molecule has 0 saturated heterocycles. The Balaban J connectivity index is 1.55. The van der Waals surface area contributed by atoms with Crippen molar-refractivity contribution in [2.45, 2.75) is 24.8 Å². The number of ketones is 1. The predicted molar refractivity (Wildman–Crippen MR) is 125 cm³/mol. The fourth-order valence-corrected chi connectivity index (χ4v) is 4.58. The molecule has 0 fully saturated rings. The van der Waals surface area contributed by atoms with Crippen molar-refractivity contribution in [3.8, 4) is 0 Å². The predicted octanol–water partition coefficient (Wildman–Crippen LogP) is 5.13. The summed E-state index contributed by atoms with van der Waals surface area (Å²) in [7, 11) is 4.07. The molecule has 2 N–H and O–H groups in total. The zero-order valence-corrected chi connectivity index (χ0v) is 17.8. The second-order valence-corrected chi connectivity index (χ2v) is 8.44. The van der Waals surface area contributed by atoms with E-state index in [-0.39, 0.29) is 17.7 Å². The summed E-state index contributed by atoms with van der Waals surface area (Å²) in [4.78, 5) is 19.8. The van der Waals surface area contributed by atoms with E-state index < -0.39 is 0 Å². The number of nitrogens with one attached hydrogen (secondary N) is 2. The molecular weight excluding hydrogens is 384 g/mol. The summed E-state index contributed by atoms with van der Waals surface area (Å²) in [6, 6.07) is 20.5. The quantitative estimate of drug-likeness (QED) is 0.627. The lowest BCUT2D eigenvalue weighted by Gasteiger charge is -2.30. The molecule has 2 aromatic carbocycles. The summed E-state index contributed by atoms with van der Waals surface area (Å²) >= 11 is 0. The van der Waals surface area contributed by atoms with Crippen molar-refractivity contribution in [3.63, 3.8) is 0 Å². The van der Waals surface area contributed by atoms with Crippen LogP contribution in [0, 0.1) is 0 Å². The van der Waals surface area contributed by atoms with Gasteiger partial charge in [0.25, 0.3) is 0 Å². The van der Waals surface area contributed by atoms with E-state index in [0.29, 0.717) is 6.42 Å². The third-order valence-electron chi connectivity index (χ3n) is 6.23. The van der Waals surface area contributed by atoms with Crippen LogP contribution in [0.15, 0.2) is 84.3 Å². The molecule has 0 saturated carbocycles. The Kier molecular flexibility index (Phi) is 4.94. The summed E-state index contributed by atoms with van der Waals surface area (Å²) in [6.07, 6.45) is 4.88. The van der Waals surface area contributed by atoms with Gasteiger partial charge in [-0.15, -0.1) is 0 Å². The third kappa shape index (κ3) is 3.67. The highest BCUT2D eigenvalue weighted by molar-refractivity contribution is 6.01. The van der Waals surface area contributed by atoms with E-state index >= 15 is 0 Å². The molecule has 5 nitrogen and oxygen atoms in total. The standard InChI is InChI=1S/C26H26N4O/c1-30(2)20-9-7-17(8-10-20)19-15-23-25(24(31)16-19)26(18-11-13-27-14-12-18)29-22-6-4-3-5-21(22)28-23/h3-14,19,26,28-29H,15-16H2,1-2H3/t19-,26-/m1/s1. The summed E-state index contributed by atoms with van der Waals surface area (Å²) in [5, 5.41) is 7.20. The SMILES string of the molecule is CN(C)c1ccc([C@H]2CC(=O)C3=C(C2)Nc2ccccc2N[C@@H]3c2ccncc2)cc1. The average molecular weight is 411 g/mol. The summed E-state index contributed by atoms with van der Waals surface area (Å²) in [5.41, 5.74) is 7.26. The zero-order valence-electron chi connectivity index (χ0n) is 17.8. The van der Waals surface area contributed by atoms with Crippen molar-refractivity contribution in [1.29, 1.82) is 0 Å². The van der Waals surface area contributed by atoms with Crippen LogP contribution in [-0.2, 0) is 4.79 Å². The molecular formula is C26H26N4O. The topological polar surface area (TPSA) is 57.3 Å². The van der Waals surface area contributed by atoms with E-state index in [0.717, 1.165) is 40.3 Å². The second-order valence-electron chi connectivity index (χ2n) is 8.44. The highest BCUT2D eigenvalue weighted by Crippen LogP contribution is 2.44. The fourth-order valence-electron chi connectivity index (χ4n) is 4.58. The van der Waals surface area contributed by atoms with Gasteiger partial charge in [0.15, 0.2) is 5.78 Å². The van der Waals surface area contributed by atoms with Crippen molar-refractivity contribution in [2.75, 3.05) is 29.6 Å². The first kappa shape index (κ1) is 19.4. The number of nitrogens with zero attached hydrogens (tertiary/aromatic N) is 2.